The molecule has 1 rings (SSSR count). The van der Waals surface area contributed by atoms with E-state index in [0.29, 0.717) is 24.7 Å². The number of hydrogen-bond donors (Lipinski definition) is 1. The molecule has 0 saturated heterocycles. The van der Waals surface area contributed by atoms with Crippen LogP contribution in [-0.4, -0.2) is 23.6 Å². The third kappa shape index (κ3) is 3.14. The summed E-state index contributed by atoms with van der Waals surface area (Å²) in [6, 6.07) is 5.16. The van der Waals surface area contributed by atoms with E-state index < -0.39 is 5.97 Å². The predicted molar refractivity (Wildman–Crippen MR) is 63.6 cm³/mol. The van der Waals surface area contributed by atoms with Crippen LogP contribution in [0, 0.1) is 0 Å². The number of aryl methyl sites for hydroxylation is 1. The van der Waals surface area contributed by atoms with Crippen LogP contribution in [0.15, 0.2) is 18.2 Å². The summed E-state index contributed by atoms with van der Waals surface area (Å²) in [7, 11) is 0. The number of ether oxygens (including phenoxy) is 1. The molecule has 4 heteroatoms. The molecular weight excluding hydrogens is 228 g/mol. The van der Waals surface area contributed by atoms with Crippen molar-refractivity contribution in [1.29, 1.82) is 0 Å². The highest BCUT2D eigenvalue weighted by molar-refractivity contribution is 6.17. The van der Waals surface area contributed by atoms with Gasteiger partial charge in [-0.2, -0.15) is 0 Å². The minimum Gasteiger partial charge on any atom is -0.492 e. The minimum absolute atomic E-state index is 0.217. The van der Waals surface area contributed by atoms with Gasteiger partial charge in [-0.25, -0.2) is 4.79 Å². The summed E-state index contributed by atoms with van der Waals surface area (Å²) in [5, 5.41) is 9.04. The van der Waals surface area contributed by atoms with Gasteiger partial charge in [-0.3, -0.25) is 0 Å². The number of aromatic carboxylic acids is 1. The molecule has 0 spiro atoms. The van der Waals surface area contributed by atoms with E-state index in [1.54, 1.807) is 12.1 Å². The molecule has 0 unspecified atom stereocenters. The molecule has 16 heavy (non-hydrogen) atoms. The standard InChI is InChI=1S/C12H15ClO3/c1-2-9-5-3-6-10(12(14)15)11(9)16-8-4-7-13/h3,5-6H,2,4,7-8H2,1H3,(H,14,15). The van der Waals surface area contributed by atoms with Crippen LogP contribution in [0.1, 0.15) is 29.3 Å². The molecule has 0 heterocycles. The van der Waals surface area contributed by atoms with Crippen LogP contribution in [0.3, 0.4) is 0 Å². The maximum Gasteiger partial charge on any atom is 0.339 e. The number of rotatable bonds is 6. The molecule has 3 nitrogen and oxygen atoms in total. The van der Waals surface area contributed by atoms with Gasteiger partial charge in [0.15, 0.2) is 0 Å². The maximum absolute atomic E-state index is 11.0. The summed E-state index contributed by atoms with van der Waals surface area (Å²) < 4.78 is 5.50. The van der Waals surface area contributed by atoms with Gasteiger partial charge in [0, 0.05) is 5.88 Å². The molecule has 1 aromatic carbocycles. The van der Waals surface area contributed by atoms with Crippen LogP contribution in [0.25, 0.3) is 0 Å². The van der Waals surface area contributed by atoms with E-state index in [1.165, 1.54) is 0 Å². The molecule has 0 radical (unpaired) electrons. The summed E-state index contributed by atoms with van der Waals surface area (Å²) in [4.78, 5) is 11.0. The van der Waals surface area contributed by atoms with Crippen LogP contribution in [-0.2, 0) is 6.42 Å². The summed E-state index contributed by atoms with van der Waals surface area (Å²) in [5.74, 6) is 0.0234. The normalized spacial score (nSPS) is 10.1. The monoisotopic (exact) mass is 242 g/mol. The fourth-order valence-electron chi connectivity index (χ4n) is 1.43. The zero-order valence-corrected chi connectivity index (χ0v) is 9.96. The largest absolute Gasteiger partial charge is 0.492 e. The number of halogens is 1. The fourth-order valence-corrected chi connectivity index (χ4v) is 1.54. The van der Waals surface area contributed by atoms with Crippen LogP contribution < -0.4 is 4.74 Å². The lowest BCUT2D eigenvalue weighted by molar-refractivity contribution is 0.0692. The average molecular weight is 243 g/mol. The molecule has 88 valence electrons. The number of carboxylic acids is 1. The molecule has 0 aliphatic heterocycles. The Morgan fingerprint density at radius 2 is 2.25 bits per heavy atom. The van der Waals surface area contributed by atoms with Crippen molar-refractivity contribution in [3.63, 3.8) is 0 Å². The summed E-state index contributed by atoms with van der Waals surface area (Å²) in [6.45, 7) is 2.41. The molecule has 1 N–H and O–H groups in total. The van der Waals surface area contributed by atoms with Gasteiger partial charge in [-0.05, 0) is 24.5 Å². The van der Waals surface area contributed by atoms with E-state index in [4.69, 9.17) is 21.4 Å². The lowest BCUT2D eigenvalue weighted by atomic mass is 10.1. The van der Waals surface area contributed by atoms with Gasteiger partial charge >= 0.3 is 5.97 Å². The highest BCUT2D eigenvalue weighted by Crippen LogP contribution is 2.24. The van der Waals surface area contributed by atoms with E-state index in [-0.39, 0.29) is 5.56 Å². The van der Waals surface area contributed by atoms with Crippen molar-refractivity contribution in [2.45, 2.75) is 19.8 Å². The molecular formula is C12H15ClO3. The van der Waals surface area contributed by atoms with Crippen molar-refractivity contribution in [2.75, 3.05) is 12.5 Å². The van der Waals surface area contributed by atoms with Crippen LogP contribution in [0.5, 0.6) is 5.75 Å². The van der Waals surface area contributed by atoms with E-state index >= 15 is 0 Å². The molecule has 0 amide bonds. The fraction of sp³-hybridized carbons (Fsp3) is 0.417. The van der Waals surface area contributed by atoms with Crippen molar-refractivity contribution in [1.82, 2.24) is 0 Å². The van der Waals surface area contributed by atoms with Gasteiger partial charge in [0.1, 0.15) is 11.3 Å². The Bertz CT molecular complexity index is 363. The van der Waals surface area contributed by atoms with E-state index in [9.17, 15) is 4.79 Å². The Morgan fingerprint density at radius 3 is 2.81 bits per heavy atom. The number of alkyl halides is 1. The second kappa shape index (κ2) is 6.38. The molecule has 0 aliphatic rings. The van der Waals surface area contributed by atoms with E-state index in [2.05, 4.69) is 0 Å². The van der Waals surface area contributed by atoms with Gasteiger partial charge in [0.2, 0.25) is 0 Å². The third-order valence-corrected chi connectivity index (χ3v) is 2.50. The Morgan fingerprint density at radius 1 is 1.50 bits per heavy atom. The Kier molecular flexibility index (Phi) is 5.12. The second-order valence-electron chi connectivity index (χ2n) is 3.34. The first kappa shape index (κ1) is 12.8. The smallest absolute Gasteiger partial charge is 0.339 e. The maximum atomic E-state index is 11.0. The molecule has 0 aromatic heterocycles. The van der Waals surface area contributed by atoms with Crippen LogP contribution in [0.2, 0.25) is 0 Å². The van der Waals surface area contributed by atoms with Gasteiger partial charge in [-0.15, -0.1) is 11.6 Å². The molecule has 0 saturated carbocycles. The van der Waals surface area contributed by atoms with E-state index in [0.717, 1.165) is 12.0 Å². The molecule has 0 atom stereocenters. The van der Waals surface area contributed by atoms with Crippen LogP contribution in [0.4, 0.5) is 0 Å². The third-order valence-electron chi connectivity index (χ3n) is 2.23. The summed E-state index contributed by atoms with van der Waals surface area (Å²) >= 11 is 5.55. The van der Waals surface area contributed by atoms with Crippen molar-refractivity contribution in [3.05, 3.63) is 29.3 Å². The molecule has 0 bridgehead atoms. The van der Waals surface area contributed by atoms with Crippen molar-refractivity contribution in [3.8, 4) is 5.75 Å². The Balaban J connectivity index is 2.95. The Labute approximate surface area is 100.0 Å². The first-order chi connectivity index (χ1) is 7.70. The second-order valence-corrected chi connectivity index (χ2v) is 3.72. The van der Waals surface area contributed by atoms with Gasteiger partial charge in [0.05, 0.1) is 6.61 Å². The predicted octanol–water partition coefficient (Wildman–Crippen LogP) is 2.95. The van der Waals surface area contributed by atoms with Gasteiger partial charge in [-0.1, -0.05) is 19.1 Å². The van der Waals surface area contributed by atoms with Crippen molar-refractivity contribution in [2.24, 2.45) is 0 Å². The first-order valence-corrected chi connectivity index (χ1v) is 5.78. The van der Waals surface area contributed by atoms with Crippen molar-refractivity contribution >= 4 is 17.6 Å². The van der Waals surface area contributed by atoms with Crippen LogP contribution >= 0.6 is 11.6 Å². The molecule has 0 fully saturated rings. The summed E-state index contributed by atoms with van der Waals surface area (Å²) in [6.07, 6.45) is 1.45. The van der Waals surface area contributed by atoms with Gasteiger partial charge in [0.25, 0.3) is 0 Å². The quantitative estimate of drug-likeness (QED) is 0.616. The summed E-state index contributed by atoms with van der Waals surface area (Å²) in [5.41, 5.74) is 1.13. The van der Waals surface area contributed by atoms with E-state index in [1.807, 2.05) is 13.0 Å². The number of carbonyl (C=O) groups is 1. The highest BCUT2D eigenvalue weighted by atomic mass is 35.5. The number of benzene rings is 1. The lowest BCUT2D eigenvalue weighted by Gasteiger charge is -2.12. The number of carboxylic acid groups (broad SMARTS) is 1. The number of hydrogen-bond acceptors (Lipinski definition) is 2. The van der Waals surface area contributed by atoms with Gasteiger partial charge < -0.3 is 9.84 Å². The minimum atomic E-state index is -0.962. The first-order valence-electron chi connectivity index (χ1n) is 5.24. The molecule has 0 aliphatic carbocycles. The molecule has 1 aromatic rings. The average Bonchev–Trinajstić information content (AvgIpc) is 2.29. The topological polar surface area (TPSA) is 46.5 Å². The Hall–Kier alpha value is -1.22. The highest BCUT2D eigenvalue weighted by Gasteiger charge is 2.14. The lowest BCUT2D eigenvalue weighted by Crippen LogP contribution is -2.07. The zero-order valence-electron chi connectivity index (χ0n) is 9.20. The van der Waals surface area contributed by atoms with Crippen molar-refractivity contribution < 1.29 is 14.6 Å². The zero-order chi connectivity index (χ0) is 12.0. The number of para-hydroxylation sites is 1. The SMILES string of the molecule is CCc1cccc(C(=O)O)c1OCCCCl.